The molecule has 0 fully saturated rings. The summed E-state index contributed by atoms with van der Waals surface area (Å²) in [4.78, 5) is 13.5. The monoisotopic (exact) mass is 470 g/mol. The zero-order chi connectivity index (χ0) is 22.9. The second kappa shape index (κ2) is 11.5. The number of hydrogen-bond acceptors (Lipinski definition) is 6. The molecule has 0 radical (unpaired) electrons. The minimum atomic E-state index is -0.300. The van der Waals surface area contributed by atoms with Crippen LogP contribution in [0.15, 0.2) is 70.7 Å². The summed E-state index contributed by atoms with van der Waals surface area (Å²) < 4.78 is 15.9. The molecule has 0 aliphatic rings. The molecule has 3 aromatic rings. The van der Waals surface area contributed by atoms with Crippen molar-refractivity contribution in [1.29, 1.82) is 0 Å². The summed E-state index contributed by atoms with van der Waals surface area (Å²) in [5, 5.41) is 4.76. The van der Waals surface area contributed by atoms with Crippen molar-refractivity contribution in [3.05, 3.63) is 82.4 Å². The minimum Gasteiger partial charge on any atom is -0.493 e. The second-order valence-electron chi connectivity index (χ2n) is 6.60. The van der Waals surface area contributed by atoms with E-state index in [4.69, 9.17) is 25.8 Å². The van der Waals surface area contributed by atoms with E-state index in [0.29, 0.717) is 28.4 Å². The summed E-state index contributed by atoms with van der Waals surface area (Å²) in [6.07, 6.45) is 1.51. The summed E-state index contributed by atoms with van der Waals surface area (Å²) in [5.41, 5.74) is 4.86. The highest BCUT2D eigenvalue weighted by atomic mass is 35.5. The molecule has 0 aliphatic carbocycles. The minimum absolute atomic E-state index is 0.300. The van der Waals surface area contributed by atoms with Gasteiger partial charge >= 0.3 is 0 Å². The van der Waals surface area contributed by atoms with Gasteiger partial charge in [-0.25, -0.2) is 5.43 Å². The first-order valence-electron chi connectivity index (χ1n) is 9.64. The van der Waals surface area contributed by atoms with Crippen LogP contribution in [0.25, 0.3) is 0 Å². The number of amides is 1. The van der Waals surface area contributed by atoms with Gasteiger partial charge in [0.25, 0.3) is 5.91 Å². The van der Waals surface area contributed by atoms with Crippen molar-refractivity contribution in [3.8, 4) is 17.2 Å². The standard InChI is InChI=1S/C24H23ClN2O4S/c1-29-21-12-17(13-22(30-2)23(21)31-3)14-26-27-24(28)18-6-4-16(5-7-18)15-32-20-10-8-19(25)9-11-20/h4-14H,15H2,1-3H3,(H,27,28)/b26-14+. The lowest BCUT2D eigenvalue weighted by Gasteiger charge is -2.12. The number of carbonyl (C=O) groups is 1. The highest BCUT2D eigenvalue weighted by molar-refractivity contribution is 7.98. The van der Waals surface area contributed by atoms with Crippen LogP contribution >= 0.6 is 23.4 Å². The Kier molecular flexibility index (Phi) is 8.41. The number of methoxy groups -OCH3 is 3. The van der Waals surface area contributed by atoms with E-state index in [0.717, 1.165) is 21.2 Å². The van der Waals surface area contributed by atoms with Crippen LogP contribution in [0.1, 0.15) is 21.5 Å². The fraction of sp³-hybridized carbons (Fsp3) is 0.167. The number of benzene rings is 3. The van der Waals surface area contributed by atoms with Crippen LogP contribution in [-0.4, -0.2) is 33.5 Å². The Morgan fingerprint density at radius 2 is 1.59 bits per heavy atom. The lowest BCUT2D eigenvalue weighted by Crippen LogP contribution is -2.17. The van der Waals surface area contributed by atoms with Crippen LogP contribution in [0.3, 0.4) is 0 Å². The molecule has 8 heteroatoms. The molecule has 0 atom stereocenters. The average Bonchev–Trinajstić information content (AvgIpc) is 2.83. The first-order valence-corrected chi connectivity index (χ1v) is 11.0. The van der Waals surface area contributed by atoms with Crippen molar-refractivity contribution in [2.45, 2.75) is 10.6 Å². The fourth-order valence-electron chi connectivity index (χ4n) is 2.86. The van der Waals surface area contributed by atoms with Gasteiger partial charge in [-0.05, 0) is 54.1 Å². The van der Waals surface area contributed by atoms with Crippen molar-refractivity contribution in [2.75, 3.05) is 21.3 Å². The van der Waals surface area contributed by atoms with E-state index >= 15 is 0 Å². The third kappa shape index (κ3) is 6.18. The topological polar surface area (TPSA) is 69.2 Å². The second-order valence-corrected chi connectivity index (χ2v) is 8.08. The number of hydrogen-bond donors (Lipinski definition) is 1. The number of hydrazone groups is 1. The largest absolute Gasteiger partial charge is 0.493 e. The number of carbonyl (C=O) groups excluding carboxylic acids is 1. The van der Waals surface area contributed by atoms with Crippen LogP contribution in [0.5, 0.6) is 17.2 Å². The molecule has 166 valence electrons. The van der Waals surface area contributed by atoms with E-state index in [9.17, 15) is 4.79 Å². The number of ether oxygens (including phenoxy) is 3. The highest BCUT2D eigenvalue weighted by Gasteiger charge is 2.12. The normalized spacial score (nSPS) is 10.8. The van der Waals surface area contributed by atoms with Gasteiger partial charge in [0.15, 0.2) is 11.5 Å². The summed E-state index contributed by atoms with van der Waals surface area (Å²) in [5.74, 6) is 2.00. The Morgan fingerprint density at radius 1 is 0.969 bits per heavy atom. The quantitative estimate of drug-likeness (QED) is 0.257. The Labute approximate surface area is 196 Å². The Bertz CT molecular complexity index is 1060. The van der Waals surface area contributed by atoms with E-state index < -0.39 is 0 Å². The molecule has 0 heterocycles. The van der Waals surface area contributed by atoms with Gasteiger partial charge in [-0.3, -0.25) is 4.79 Å². The smallest absolute Gasteiger partial charge is 0.271 e. The molecule has 0 saturated heterocycles. The summed E-state index contributed by atoms with van der Waals surface area (Å²) in [7, 11) is 4.62. The van der Waals surface area contributed by atoms with Crippen molar-refractivity contribution < 1.29 is 19.0 Å². The van der Waals surface area contributed by atoms with Gasteiger partial charge in [0, 0.05) is 26.8 Å². The van der Waals surface area contributed by atoms with E-state index in [2.05, 4.69) is 10.5 Å². The maximum absolute atomic E-state index is 12.4. The van der Waals surface area contributed by atoms with Gasteiger partial charge in [0.2, 0.25) is 5.75 Å². The van der Waals surface area contributed by atoms with E-state index in [1.807, 2.05) is 36.4 Å². The Hall–Kier alpha value is -3.16. The van der Waals surface area contributed by atoms with Gasteiger partial charge < -0.3 is 14.2 Å². The van der Waals surface area contributed by atoms with Gasteiger partial charge in [-0.1, -0.05) is 23.7 Å². The molecule has 0 aromatic heterocycles. The molecule has 32 heavy (non-hydrogen) atoms. The van der Waals surface area contributed by atoms with Crippen LogP contribution in [-0.2, 0) is 5.75 Å². The number of nitrogens with one attached hydrogen (secondary N) is 1. The van der Waals surface area contributed by atoms with E-state index in [1.165, 1.54) is 27.5 Å². The van der Waals surface area contributed by atoms with Gasteiger partial charge in [-0.15, -0.1) is 11.8 Å². The molecular formula is C24H23ClN2O4S. The van der Waals surface area contributed by atoms with Gasteiger partial charge in [0.1, 0.15) is 0 Å². The Balaban J connectivity index is 1.59. The predicted molar refractivity (Wildman–Crippen MR) is 129 cm³/mol. The van der Waals surface area contributed by atoms with Gasteiger partial charge in [0.05, 0.1) is 27.5 Å². The molecule has 0 bridgehead atoms. The maximum atomic E-state index is 12.4. The average molecular weight is 471 g/mol. The third-order valence-corrected chi connectivity index (χ3v) is 5.84. The zero-order valence-electron chi connectivity index (χ0n) is 17.9. The molecule has 0 saturated carbocycles. The molecule has 1 N–H and O–H groups in total. The highest BCUT2D eigenvalue weighted by Crippen LogP contribution is 2.37. The number of thioether (sulfide) groups is 1. The molecule has 3 rings (SSSR count). The van der Waals surface area contributed by atoms with E-state index in [1.54, 1.807) is 36.0 Å². The molecular weight excluding hydrogens is 448 g/mol. The van der Waals surface area contributed by atoms with Crippen LogP contribution in [0, 0.1) is 0 Å². The fourth-order valence-corrected chi connectivity index (χ4v) is 3.84. The molecule has 6 nitrogen and oxygen atoms in total. The summed E-state index contributed by atoms with van der Waals surface area (Å²) in [6.45, 7) is 0. The molecule has 0 spiro atoms. The maximum Gasteiger partial charge on any atom is 0.271 e. The molecule has 1 amide bonds. The van der Waals surface area contributed by atoms with Crippen molar-refractivity contribution in [3.63, 3.8) is 0 Å². The van der Waals surface area contributed by atoms with Crippen molar-refractivity contribution in [1.82, 2.24) is 5.43 Å². The number of nitrogens with zero attached hydrogens (tertiary/aromatic N) is 1. The third-order valence-electron chi connectivity index (χ3n) is 4.50. The molecule has 3 aromatic carbocycles. The Morgan fingerprint density at radius 3 is 2.16 bits per heavy atom. The predicted octanol–water partition coefficient (Wildman–Crippen LogP) is 5.42. The number of rotatable bonds is 9. The van der Waals surface area contributed by atoms with E-state index in [-0.39, 0.29) is 5.91 Å². The molecule has 0 unspecified atom stereocenters. The van der Waals surface area contributed by atoms with Gasteiger partial charge in [-0.2, -0.15) is 5.10 Å². The molecule has 0 aliphatic heterocycles. The van der Waals surface area contributed by atoms with Crippen LogP contribution in [0.2, 0.25) is 5.02 Å². The number of halogens is 1. The first kappa shape index (κ1) is 23.5. The SMILES string of the molecule is COc1cc(/C=N/NC(=O)c2ccc(CSc3ccc(Cl)cc3)cc2)cc(OC)c1OC. The van der Waals surface area contributed by atoms with Crippen LogP contribution in [0.4, 0.5) is 0 Å². The first-order chi connectivity index (χ1) is 15.5. The summed E-state index contributed by atoms with van der Waals surface area (Å²) >= 11 is 7.62. The summed E-state index contributed by atoms with van der Waals surface area (Å²) in [6, 6.07) is 18.6. The van der Waals surface area contributed by atoms with Crippen molar-refractivity contribution in [2.24, 2.45) is 5.10 Å². The van der Waals surface area contributed by atoms with Crippen LogP contribution < -0.4 is 19.6 Å². The zero-order valence-corrected chi connectivity index (χ0v) is 19.5. The lowest BCUT2D eigenvalue weighted by molar-refractivity contribution is 0.0955. The lowest BCUT2D eigenvalue weighted by atomic mass is 10.1. The van der Waals surface area contributed by atoms with Crippen molar-refractivity contribution >= 4 is 35.5 Å².